The highest BCUT2D eigenvalue weighted by molar-refractivity contribution is 5.22. The Morgan fingerprint density at radius 2 is 2.14 bits per heavy atom. The van der Waals surface area contributed by atoms with Crippen LogP contribution in [0.1, 0.15) is 43.0 Å². The van der Waals surface area contributed by atoms with Crippen molar-refractivity contribution in [2.24, 2.45) is 5.92 Å². The molecule has 0 aliphatic carbocycles. The van der Waals surface area contributed by atoms with E-state index in [9.17, 15) is 0 Å². The second kappa shape index (κ2) is 6.42. The Hall–Kier alpha value is -0.970. The van der Waals surface area contributed by atoms with Crippen LogP contribution < -0.4 is 5.32 Å². The number of rotatable bonds is 3. The van der Waals surface area contributed by atoms with Gasteiger partial charge in [0.1, 0.15) is 0 Å². The number of ether oxygens (including phenoxy) is 2. The van der Waals surface area contributed by atoms with Crippen molar-refractivity contribution in [2.45, 2.75) is 44.2 Å². The van der Waals surface area contributed by atoms with E-state index < -0.39 is 0 Å². The first-order chi connectivity index (χ1) is 10.2. The highest BCUT2D eigenvalue weighted by Gasteiger charge is 2.41. The Labute approximate surface area is 127 Å². The van der Waals surface area contributed by atoms with Crippen LogP contribution in [-0.2, 0) is 9.47 Å². The van der Waals surface area contributed by atoms with E-state index in [0.717, 1.165) is 45.5 Å². The second-order valence-corrected chi connectivity index (χ2v) is 6.37. The summed E-state index contributed by atoms with van der Waals surface area (Å²) in [5.41, 5.74) is 2.50. The van der Waals surface area contributed by atoms with Crippen molar-refractivity contribution in [3.63, 3.8) is 0 Å². The van der Waals surface area contributed by atoms with Gasteiger partial charge in [0.25, 0.3) is 0 Å². The maximum absolute atomic E-state index is 6.17. The third kappa shape index (κ3) is 3.12. The molecule has 2 aliphatic rings. The lowest BCUT2D eigenvalue weighted by Crippen LogP contribution is -2.46. The smallest absolute Gasteiger partial charge is 0.0729 e. The number of nitrogens with one attached hydrogen (secondary N) is 1. The lowest BCUT2D eigenvalue weighted by atomic mass is 9.76. The number of hydrogen-bond donors (Lipinski definition) is 1. The van der Waals surface area contributed by atoms with Gasteiger partial charge in [0, 0.05) is 26.0 Å². The zero-order valence-electron chi connectivity index (χ0n) is 13.1. The molecule has 0 radical (unpaired) electrons. The van der Waals surface area contributed by atoms with Crippen molar-refractivity contribution < 1.29 is 9.47 Å². The molecular weight excluding hydrogens is 264 g/mol. The summed E-state index contributed by atoms with van der Waals surface area (Å²) in [4.78, 5) is 4.63. The molecule has 0 amide bonds. The summed E-state index contributed by atoms with van der Waals surface area (Å²) in [6.07, 6.45) is 6.17. The lowest BCUT2D eigenvalue weighted by Gasteiger charge is -2.45. The van der Waals surface area contributed by atoms with Crippen molar-refractivity contribution in [1.29, 1.82) is 0 Å². The quantitative estimate of drug-likeness (QED) is 0.929. The maximum Gasteiger partial charge on any atom is 0.0729 e. The standard InChI is InChI=1S/C17H26N2O2/c1-13-4-3-8-19-15(13)16(18-2)14-5-9-21-17(12-14)6-10-20-11-7-17/h3-4,8,14,16,18H,5-7,9-12H2,1-2H3. The predicted octanol–water partition coefficient (Wildman–Crippen LogP) is 2.63. The first-order valence-corrected chi connectivity index (χ1v) is 8.05. The normalized spacial score (nSPS) is 26.7. The highest BCUT2D eigenvalue weighted by atomic mass is 16.5. The molecule has 2 fully saturated rings. The Bertz CT molecular complexity index is 466. The van der Waals surface area contributed by atoms with Crippen LogP contribution in [0.2, 0.25) is 0 Å². The molecule has 3 rings (SSSR count). The van der Waals surface area contributed by atoms with Gasteiger partial charge in [-0.3, -0.25) is 4.98 Å². The van der Waals surface area contributed by atoms with E-state index in [1.165, 1.54) is 11.3 Å². The fourth-order valence-corrected chi connectivity index (χ4v) is 3.86. The van der Waals surface area contributed by atoms with Crippen LogP contribution in [0.25, 0.3) is 0 Å². The lowest BCUT2D eigenvalue weighted by molar-refractivity contribution is -0.150. The van der Waals surface area contributed by atoms with Crippen molar-refractivity contribution in [3.05, 3.63) is 29.6 Å². The average Bonchev–Trinajstić information content (AvgIpc) is 2.51. The van der Waals surface area contributed by atoms with Gasteiger partial charge in [-0.2, -0.15) is 0 Å². The van der Waals surface area contributed by atoms with Crippen LogP contribution in [0.5, 0.6) is 0 Å². The molecule has 1 spiro atoms. The average molecular weight is 290 g/mol. The van der Waals surface area contributed by atoms with E-state index in [2.05, 4.69) is 23.3 Å². The second-order valence-electron chi connectivity index (χ2n) is 6.37. The van der Waals surface area contributed by atoms with E-state index in [0.29, 0.717) is 12.0 Å². The number of nitrogens with zero attached hydrogens (tertiary/aromatic N) is 1. The largest absolute Gasteiger partial charge is 0.381 e. The SMILES string of the molecule is CNC(c1ncccc1C)C1CCOC2(CCOCC2)C1. The zero-order valence-corrected chi connectivity index (χ0v) is 13.1. The molecule has 0 saturated carbocycles. The molecule has 0 aromatic carbocycles. The van der Waals surface area contributed by atoms with Crippen LogP contribution in [0.15, 0.2) is 18.3 Å². The number of pyridine rings is 1. The predicted molar refractivity (Wildman–Crippen MR) is 82.2 cm³/mol. The molecule has 2 aliphatic heterocycles. The molecule has 1 aromatic rings. The van der Waals surface area contributed by atoms with Crippen molar-refractivity contribution in [2.75, 3.05) is 26.9 Å². The van der Waals surface area contributed by atoms with Gasteiger partial charge in [0.15, 0.2) is 0 Å². The van der Waals surface area contributed by atoms with Gasteiger partial charge in [-0.1, -0.05) is 6.07 Å². The molecule has 2 unspecified atom stereocenters. The third-order valence-corrected chi connectivity index (χ3v) is 5.06. The van der Waals surface area contributed by atoms with Crippen LogP contribution >= 0.6 is 0 Å². The molecule has 116 valence electrons. The minimum absolute atomic E-state index is 0.0406. The van der Waals surface area contributed by atoms with E-state index in [-0.39, 0.29) is 5.60 Å². The van der Waals surface area contributed by atoms with Gasteiger partial charge in [0.05, 0.1) is 17.3 Å². The number of hydrogen-bond acceptors (Lipinski definition) is 4. The summed E-state index contributed by atoms with van der Waals surface area (Å²) >= 11 is 0. The molecule has 2 saturated heterocycles. The molecule has 4 nitrogen and oxygen atoms in total. The maximum atomic E-state index is 6.17. The first kappa shape index (κ1) is 14.9. The minimum atomic E-state index is 0.0406. The summed E-state index contributed by atoms with van der Waals surface area (Å²) in [5.74, 6) is 0.579. The number of aryl methyl sites for hydroxylation is 1. The molecule has 21 heavy (non-hydrogen) atoms. The fourth-order valence-electron chi connectivity index (χ4n) is 3.86. The first-order valence-electron chi connectivity index (χ1n) is 8.05. The molecule has 1 N–H and O–H groups in total. The fraction of sp³-hybridized carbons (Fsp3) is 0.706. The Morgan fingerprint density at radius 1 is 1.33 bits per heavy atom. The van der Waals surface area contributed by atoms with E-state index in [4.69, 9.17) is 9.47 Å². The summed E-state index contributed by atoms with van der Waals surface area (Å²) in [7, 11) is 2.05. The molecule has 0 bridgehead atoms. The van der Waals surface area contributed by atoms with Crippen LogP contribution in [-0.4, -0.2) is 37.5 Å². The van der Waals surface area contributed by atoms with Crippen molar-refractivity contribution in [3.8, 4) is 0 Å². The molecule has 3 heterocycles. The van der Waals surface area contributed by atoms with Gasteiger partial charge in [0.2, 0.25) is 0 Å². The van der Waals surface area contributed by atoms with Crippen molar-refractivity contribution in [1.82, 2.24) is 10.3 Å². The van der Waals surface area contributed by atoms with E-state index in [1.54, 1.807) is 0 Å². The monoisotopic (exact) mass is 290 g/mol. The number of aromatic nitrogens is 1. The van der Waals surface area contributed by atoms with Crippen LogP contribution in [0.4, 0.5) is 0 Å². The molecule has 1 aromatic heterocycles. The third-order valence-electron chi connectivity index (χ3n) is 5.06. The summed E-state index contributed by atoms with van der Waals surface area (Å²) in [5, 5.41) is 3.50. The van der Waals surface area contributed by atoms with E-state index >= 15 is 0 Å². The van der Waals surface area contributed by atoms with Gasteiger partial charge in [-0.25, -0.2) is 0 Å². The Morgan fingerprint density at radius 3 is 2.86 bits per heavy atom. The topological polar surface area (TPSA) is 43.4 Å². The van der Waals surface area contributed by atoms with Gasteiger partial charge < -0.3 is 14.8 Å². The molecule has 4 heteroatoms. The molecular formula is C17H26N2O2. The molecule has 2 atom stereocenters. The summed E-state index contributed by atoms with van der Waals surface area (Å²) in [6, 6.07) is 4.47. The minimum Gasteiger partial charge on any atom is -0.381 e. The summed E-state index contributed by atoms with van der Waals surface area (Å²) < 4.78 is 11.7. The van der Waals surface area contributed by atoms with Crippen LogP contribution in [0.3, 0.4) is 0 Å². The van der Waals surface area contributed by atoms with Crippen molar-refractivity contribution >= 4 is 0 Å². The Kier molecular flexibility index (Phi) is 4.57. The highest BCUT2D eigenvalue weighted by Crippen LogP contribution is 2.41. The zero-order chi connectivity index (χ0) is 14.7. The van der Waals surface area contributed by atoms with Gasteiger partial charge >= 0.3 is 0 Å². The Balaban J connectivity index is 1.79. The van der Waals surface area contributed by atoms with Gasteiger partial charge in [-0.15, -0.1) is 0 Å². The van der Waals surface area contributed by atoms with Gasteiger partial charge in [-0.05, 0) is 57.2 Å². The van der Waals surface area contributed by atoms with E-state index in [1.807, 2.05) is 19.3 Å². The summed E-state index contributed by atoms with van der Waals surface area (Å²) in [6.45, 7) is 4.67. The van der Waals surface area contributed by atoms with Crippen LogP contribution in [0, 0.1) is 12.8 Å².